The zero-order valence-electron chi connectivity index (χ0n) is 14.6. The van der Waals surface area contributed by atoms with Crippen LogP contribution in [0.25, 0.3) is 21.9 Å². The molecule has 0 spiro atoms. The fourth-order valence-electron chi connectivity index (χ4n) is 3.53. The zero-order chi connectivity index (χ0) is 19.3. The van der Waals surface area contributed by atoms with E-state index in [1.807, 2.05) is 30.3 Å². The quantitative estimate of drug-likeness (QED) is 0.556. The van der Waals surface area contributed by atoms with E-state index in [1.165, 1.54) is 0 Å². The zero-order valence-corrected chi connectivity index (χ0v) is 14.6. The van der Waals surface area contributed by atoms with Crippen molar-refractivity contribution >= 4 is 45.3 Å². The first kappa shape index (κ1) is 16.3. The van der Waals surface area contributed by atoms with Crippen LogP contribution in [0, 0.1) is 0 Å². The summed E-state index contributed by atoms with van der Waals surface area (Å²) in [7, 11) is 0. The Morgan fingerprint density at radius 1 is 0.821 bits per heavy atom. The molecule has 2 heterocycles. The molecule has 6 heteroatoms. The number of imide groups is 1. The Hall–Kier alpha value is -3.93. The van der Waals surface area contributed by atoms with Gasteiger partial charge in [0.05, 0.1) is 11.1 Å². The number of furan rings is 1. The Morgan fingerprint density at radius 3 is 2.21 bits per heavy atom. The van der Waals surface area contributed by atoms with Gasteiger partial charge in [-0.2, -0.15) is 0 Å². The molecular weight excluding hydrogens is 356 g/mol. The minimum absolute atomic E-state index is 0.326. The molecule has 1 aliphatic rings. The largest absolute Gasteiger partial charge is 0.456 e. The highest BCUT2D eigenvalue weighted by Crippen LogP contribution is 2.30. The lowest BCUT2D eigenvalue weighted by Gasteiger charge is -2.13. The molecule has 0 unspecified atom stereocenters. The SMILES string of the molecule is O=C(CN1C(=O)c2ccccc2C1=O)Nc1ccc2oc3ccccc3c2c1. The van der Waals surface area contributed by atoms with Gasteiger partial charge in [0.2, 0.25) is 5.91 Å². The monoisotopic (exact) mass is 370 g/mol. The molecule has 28 heavy (non-hydrogen) atoms. The van der Waals surface area contributed by atoms with Crippen molar-refractivity contribution in [1.29, 1.82) is 0 Å². The van der Waals surface area contributed by atoms with Gasteiger partial charge in [-0.1, -0.05) is 30.3 Å². The van der Waals surface area contributed by atoms with Crippen LogP contribution in [0.1, 0.15) is 20.7 Å². The third-order valence-corrected chi connectivity index (χ3v) is 4.84. The predicted octanol–water partition coefficient (Wildman–Crippen LogP) is 3.82. The number of hydrogen-bond acceptors (Lipinski definition) is 4. The molecule has 0 saturated carbocycles. The summed E-state index contributed by atoms with van der Waals surface area (Å²) in [6.45, 7) is -0.337. The minimum Gasteiger partial charge on any atom is -0.456 e. The van der Waals surface area contributed by atoms with Gasteiger partial charge in [0, 0.05) is 16.5 Å². The Morgan fingerprint density at radius 2 is 1.46 bits per heavy atom. The minimum atomic E-state index is -0.452. The molecule has 1 aliphatic heterocycles. The first-order valence-electron chi connectivity index (χ1n) is 8.78. The van der Waals surface area contributed by atoms with E-state index in [9.17, 15) is 14.4 Å². The average molecular weight is 370 g/mol. The number of rotatable bonds is 3. The van der Waals surface area contributed by atoms with Crippen LogP contribution >= 0.6 is 0 Å². The molecule has 0 fully saturated rings. The van der Waals surface area contributed by atoms with Crippen LogP contribution < -0.4 is 5.32 Å². The Balaban J connectivity index is 1.38. The van der Waals surface area contributed by atoms with Gasteiger partial charge in [-0.25, -0.2) is 0 Å². The summed E-state index contributed by atoms with van der Waals surface area (Å²) >= 11 is 0. The standard InChI is InChI=1S/C22H14N2O4/c25-20(12-24-21(26)15-6-1-2-7-16(15)22(24)27)23-13-9-10-19-17(11-13)14-5-3-4-8-18(14)28-19/h1-11H,12H2,(H,23,25). The molecule has 0 aliphatic carbocycles. The van der Waals surface area contributed by atoms with Crippen molar-refractivity contribution in [3.63, 3.8) is 0 Å². The van der Waals surface area contributed by atoms with E-state index >= 15 is 0 Å². The van der Waals surface area contributed by atoms with Gasteiger partial charge in [-0.05, 0) is 36.4 Å². The molecule has 5 rings (SSSR count). The highest BCUT2D eigenvalue weighted by molar-refractivity contribution is 6.22. The second-order valence-corrected chi connectivity index (χ2v) is 6.60. The summed E-state index contributed by atoms with van der Waals surface area (Å²) < 4.78 is 5.77. The fraction of sp³-hybridized carbons (Fsp3) is 0.0455. The molecular formula is C22H14N2O4. The topological polar surface area (TPSA) is 79.6 Å². The third-order valence-electron chi connectivity index (χ3n) is 4.84. The highest BCUT2D eigenvalue weighted by atomic mass is 16.3. The number of fused-ring (bicyclic) bond motifs is 4. The van der Waals surface area contributed by atoms with E-state index in [-0.39, 0.29) is 6.54 Å². The highest BCUT2D eigenvalue weighted by Gasteiger charge is 2.36. The second kappa shape index (κ2) is 6.06. The molecule has 4 aromatic rings. The van der Waals surface area contributed by atoms with Gasteiger partial charge in [0.1, 0.15) is 17.7 Å². The van der Waals surface area contributed by atoms with Crippen LogP contribution in [-0.2, 0) is 4.79 Å². The number of nitrogens with one attached hydrogen (secondary N) is 1. The molecule has 1 aromatic heterocycles. The smallest absolute Gasteiger partial charge is 0.262 e. The molecule has 136 valence electrons. The van der Waals surface area contributed by atoms with E-state index in [4.69, 9.17) is 4.42 Å². The van der Waals surface area contributed by atoms with E-state index in [0.717, 1.165) is 26.8 Å². The molecule has 0 atom stereocenters. The van der Waals surface area contributed by atoms with Crippen molar-refractivity contribution in [2.24, 2.45) is 0 Å². The van der Waals surface area contributed by atoms with Crippen LogP contribution in [0.2, 0.25) is 0 Å². The summed E-state index contributed by atoms with van der Waals surface area (Å²) in [5, 5.41) is 4.59. The number of carbonyl (C=O) groups is 3. The van der Waals surface area contributed by atoms with E-state index in [1.54, 1.807) is 36.4 Å². The van der Waals surface area contributed by atoms with Crippen molar-refractivity contribution in [2.45, 2.75) is 0 Å². The second-order valence-electron chi connectivity index (χ2n) is 6.60. The number of carbonyl (C=O) groups excluding carboxylic acids is 3. The maximum Gasteiger partial charge on any atom is 0.262 e. The summed E-state index contributed by atoms with van der Waals surface area (Å²) in [6, 6.07) is 19.5. The lowest BCUT2D eigenvalue weighted by molar-refractivity contribution is -0.116. The molecule has 3 aromatic carbocycles. The molecule has 1 N–H and O–H groups in total. The molecule has 0 bridgehead atoms. The molecule has 0 radical (unpaired) electrons. The van der Waals surface area contributed by atoms with Crippen LogP contribution in [0.4, 0.5) is 5.69 Å². The van der Waals surface area contributed by atoms with Gasteiger partial charge >= 0.3 is 0 Å². The number of hydrogen-bond donors (Lipinski definition) is 1. The third kappa shape index (κ3) is 2.46. The van der Waals surface area contributed by atoms with E-state index in [0.29, 0.717) is 16.8 Å². The van der Waals surface area contributed by atoms with Crippen LogP contribution in [0.5, 0.6) is 0 Å². The molecule has 3 amide bonds. The Bertz CT molecular complexity index is 1250. The van der Waals surface area contributed by atoms with Gasteiger partial charge < -0.3 is 9.73 Å². The Kier molecular flexibility index (Phi) is 3.52. The van der Waals surface area contributed by atoms with E-state index < -0.39 is 17.7 Å². The van der Waals surface area contributed by atoms with Gasteiger partial charge in [0.15, 0.2) is 0 Å². The average Bonchev–Trinajstić information content (AvgIpc) is 3.19. The fourth-order valence-corrected chi connectivity index (χ4v) is 3.53. The van der Waals surface area contributed by atoms with Gasteiger partial charge in [0.25, 0.3) is 11.8 Å². The maximum atomic E-state index is 12.5. The molecule has 6 nitrogen and oxygen atoms in total. The van der Waals surface area contributed by atoms with Crippen molar-refractivity contribution < 1.29 is 18.8 Å². The van der Waals surface area contributed by atoms with Crippen LogP contribution in [0.3, 0.4) is 0 Å². The lowest BCUT2D eigenvalue weighted by Crippen LogP contribution is -2.37. The Labute approximate surface area is 159 Å². The maximum absolute atomic E-state index is 12.5. The van der Waals surface area contributed by atoms with Crippen molar-refractivity contribution in [2.75, 3.05) is 11.9 Å². The van der Waals surface area contributed by atoms with Crippen LogP contribution in [-0.4, -0.2) is 29.2 Å². The summed E-state index contributed by atoms with van der Waals surface area (Å²) in [6.07, 6.45) is 0. The van der Waals surface area contributed by atoms with Crippen molar-refractivity contribution in [3.05, 3.63) is 77.9 Å². The molecule has 0 saturated heterocycles. The van der Waals surface area contributed by atoms with Gasteiger partial charge in [-0.15, -0.1) is 0 Å². The summed E-state index contributed by atoms with van der Waals surface area (Å²) in [5.74, 6) is -1.35. The van der Waals surface area contributed by atoms with Crippen LogP contribution in [0.15, 0.2) is 71.1 Å². The van der Waals surface area contributed by atoms with E-state index in [2.05, 4.69) is 5.32 Å². The number of amides is 3. The van der Waals surface area contributed by atoms with Crippen molar-refractivity contribution in [1.82, 2.24) is 4.90 Å². The normalized spacial score (nSPS) is 13.4. The first-order valence-corrected chi connectivity index (χ1v) is 8.78. The number of anilines is 1. The number of nitrogens with zero attached hydrogens (tertiary/aromatic N) is 1. The summed E-state index contributed by atoms with van der Waals surface area (Å²) in [4.78, 5) is 38.2. The number of benzene rings is 3. The first-order chi connectivity index (χ1) is 13.6. The lowest BCUT2D eigenvalue weighted by atomic mass is 10.1. The van der Waals surface area contributed by atoms with Crippen molar-refractivity contribution in [3.8, 4) is 0 Å². The predicted molar refractivity (Wildman–Crippen MR) is 104 cm³/mol. The summed E-state index contributed by atoms with van der Waals surface area (Å²) in [5.41, 5.74) is 2.71. The number of para-hydroxylation sites is 1. The van der Waals surface area contributed by atoms with Gasteiger partial charge in [-0.3, -0.25) is 19.3 Å².